The number of rotatable bonds is 7. The number of pyridine rings is 1. The Kier molecular flexibility index (Phi) is 5.61. The first-order valence-electron chi connectivity index (χ1n) is 10.6. The number of carbonyl (C=O) groups is 1. The summed E-state index contributed by atoms with van der Waals surface area (Å²) in [6.07, 6.45) is 6.01. The van der Waals surface area contributed by atoms with E-state index < -0.39 is 6.03 Å². The van der Waals surface area contributed by atoms with Gasteiger partial charge in [-0.05, 0) is 62.1 Å². The molecule has 5 rings (SSSR count). The van der Waals surface area contributed by atoms with E-state index >= 15 is 0 Å². The standard InChI is InChI=1S/C22H25N5O3S/c23-21(28)25-14-12-15-3-4-16(13-14)27(15)10-11-29-17-5-7-18(8-6-17)30-22-26-20-19(31-22)2-1-9-24-20/h1-2,5-9,14-16H,3-4,10-13H2,(H3,23,25,28)/t14?,15-,16?/m0/s1. The van der Waals surface area contributed by atoms with Crippen molar-refractivity contribution in [2.24, 2.45) is 5.73 Å². The molecule has 4 heterocycles. The molecule has 2 bridgehead atoms. The van der Waals surface area contributed by atoms with Crippen molar-refractivity contribution in [3.63, 3.8) is 0 Å². The third kappa shape index (κ3) is 4.57. The summed E-state index contributed by atoms with van der Waals surface area (Å²) in [6, 6.07) is 12.3. The second-order valence-corrected chi connectivity index (χ2v) is 9.02. The Morgan fingerprint density at radius 2 is 1.90 bits per heavy atom. The van der Waals surface area contributed by atoms with Gasteiger partial charge in [0.25, 0.3) is 5.19 Å². The second-order valence-electron chi connectivity index (χ2n) is 8.03. The van der Waals surface area contributed by atoms with E-state index in [2.05, 4.69) is 20.2 Å². The van der Waals surface area contributed by atoms with Gasteiger partial charge in [0.15, 0.2) is 5.65 Å². The van der Waals surface area contributed by atoms with E-state index in [1.165, 1.54) is 24.2 Å². The summed E-state index contributed by atoms with van der Waals surface area (Å²) in [5, 5.41) is 3.45. The van der Waals surface area contributed by atoms with Gasteiger partial charge in [0.2, 0.25) is 0 Å². The van der Waals surface area contributed by atoms with Crippen LogP contribution in [0, 0.1) is 0 Å². The molecule has 0 saturated carbocycles. The molecule has 2 aliphatic heterocycles. The number of nitrogens with one attached hydrogen (secondary N) is 1. The molecule has 2 fully saturated rings. The van der Waals surface area contributed by atoms with E-state index in [1.54, 1.807) is 6.20 Å². The van der Waals surface area contributed by atoms with Gasteiger partial charge in [-0.3, -0.25) is 4.90 Å². The minimum absolute atomic E-state index is 0.200. The fourth-order valence-electron chi connectivity index (χ4n) is 4.72. The summed E-state index contributed by atoms with van der Waals surface area (Å²) < 4.78 is 12.8. The molecule has 9 heteroatoms. The minimum atomic E-state index is -0.423. The van der Waals surface area contributed by atoms with Gasteiger partial charge in [-0.25, -0.2) is 9.78 Å². The van der Waals surface area contributed by atoms with Gasteiger partial charge in [-0.1, -0.05) is 11.3 Å². The van der Waals surface area contributed by atoms with Crippen LogP contribution in [0.15, 0.2) is 42.6 Å². The number of benzene rings is 1. The van der Waals surface area contributed by atoms with Gasteiger partial charge in [-0.15, -0.1) is 0 Å². The number of urea groups is 1. The van der Waals surface area contributed by atoms with Crippen LogP contribution >= 0.6 is 11.3 Å². The fraction of sp³-hybridized carbons (Fsp3) is 0.409. The van der Waals surface area contributed by atoms with Crippen LogP contribution in [0.4, 0.5) is 4.79 Å². The molecule has 162 valence electrons. The predicted molar refractivity (Wildman–Crippen MR) is 119 cm³/mol. The maximum absolute atomic E-state index is 11.1. The molecule has 3 N–H and O–H groups in total. The maximum Gasteiger partial charge on any atom is 0.312 e. The summed E-state index contributed by atoms with van der Waals surface area (Å²) in [5.74, 6) is 1.53. The zero-order chi connectivity index (χ0) is 21.2. The number of nitrogens with two attached hydrogens (primary N) is 1. The third-order valence-electron chi connectivity index (χ3n) is 6.02. The molecule has 2 aromatic heterocycles. The van der Waals surface area contributed by atoms with Crippen LogP contribution in [-0.4, -0.2) is 52.2 Å². The average molecular weight is 440 g/mol. The van der Waals surface area contributed by atoms with Gasteiger partial charge in [0.05, 0.1) is 4.70 Å². The Labute approximate surface area is 184 Å². The van der Waals surface area contributed by atoms with Crippen molar-refractivity contribution < 1.29 is 14.3 Å². The van der Waals surface area contributed by atoms with Gasteiger partial charge >= 0.3 is 6.03 Å². The number of primary amides is 1. The van der Waals surface area contributed by atoms with E-state index in [-0.39, 0.29) is 6.04 Å². The van der Waals surface area contributed by atoms with Gasteiger partial charge < -0.3 is 20.5 Å². The Hall–Kier alpha value is -2.91. The van der Waals surface area contributed by atoms with E-state index in [0.717, 1.165) is 29.8 Å². The molecule has 8 nitrogen and oxygen atoms in total. The largest absolute Gasteiger partial charge is 0.492 e. The Balaban J connectivity index is 1.11. The van der Waals surface area contributed by atoms with Crippen molar-refractivity contribution in [1.82, 2.24) is 20.2 Å². The van der Waals surface area contributed by atoms with E-state index in [4.69, 9.17) is 15.2 Å². The smallest absolute Gasteiger partial charge is 0.312 e. The number of hydrogen-bond donors (Lipinski definition) is 2. The molecule has 2 amide bonds. The number of thiazole rings is 1. The van der Waals surface area contributed by atoms with Crippen LogP contribution in [0.1, 0.15) is 25.7 Å². The summed E-state index contributed by atoms with van der Waals surface area (Å²) in [4.78, 5) is 22.3. The molecule has 3 aromatic rings. The number of fused-ring (bicyclic) bond motifs is 3. The molecular formula is C22H25N5O3S. The quantitative estimate of drug-likeness (QED) is 0.584. The lowest BCUT2D eigenvalue weighted by atomic mass is 9.97. The molecule has 0 aliphatic carbocycles. The van der Waals surface area contributed by atoms with Crippen molar-refractivity contribution in [2.75, 3.05) is 13.2 Å². The first-order chi connectivity index (χ1) is 15.1. The number of piperidine rings is 1. The lowest BCUT2D eigenvalue weighted by Gasteiger charge is -2.38. The molecular weight excluding hydrogens is 414 g/mol. The number of hydrogen-bond acceptors (Lipinski definition) is 7. The number of aromatic nitrogens is 2. The highest BCUT2D eigenvalue weighted by atomic mass is 32.1. The molecule has 0 spiro atoms. The highest BCUT2D eigenvalue weighted by Gasteiger charge is 2.40. The number of nitrogens with zero attached hydrogens (tertiary/aromatic N) is 3. The molecule has 0 radical (unpaired) electrons. The van der Waals surface area contributed by atoms with Crippen LogP contribution in [0.2, 0.25) is 0 Å². The topological polar surface area (TPSA) is 103 Å². The van der Waals surface area contributed by atoms with Crippen LogP contribution < -0.4 is 20.5 Å². The maximum atomic E-state index is 11.1. The van der Waals surface area contributed by atoms with Crippen molar-refractivity contribution in [2.45, 2.75) is 43.8 Å². The zero-order valence-electron chi connectivity index (χ0n) is 17.1. The Morgan fingerprint density at radius 3 is 2.61 bits per heavy atom. The lowest BCUT2D eigenvalue weighted by molar-refractivity contribution is 0.1000. The highest BCUT2D eigenvalue weighted by Crippen LogP contribution is 2.35. The summed E-state index contributed by atoms with van der Waals surface area (Å²) in [5.41, 5.74) is 5.99. The van der Waals surface area contributed by atoms with Crippen LogP contribution in [-0.2, 0) is 0 Å². The Morgan fingerprint density at radius 1 is 1.16 bits per heavy atom. The predicted octanol–water partition coefficient (Wildman–Crippen LogP) is 3.53. The van der Waals surface area contributed by atoms with E-state index in [9.17, 15) is 4.79 Å². The monoisotopic (exact) mass is 439 g/mol. The van der Waals surface area contributed by atoms with Crippen LogP contribution in [0.3, 0.4) is 0 Å². The number of amides is 2. The molecule has 2 unspecified atom stereocenters. The zero-order valence-corrected chi connectivity index (χ0v) is 17.9. The van der Waals surface area contributed by atoms with Gasteiger partial charge in [0, 0.05) is 30.9 Å². The molecule has 31 heavy (non-hydrogen) atoms. The first-order valence-corrected chi connectivity index (χ1v) is 11.4. The number of carbonyl (C=O) groups excluding carboxylic acids is 1. The van der Waals surface area contributed by atoms with E-state index in [0.29, 0.717) is 35.3 Å². The summed E-state index contributed by atoms with van der Waals surface area (Å²) >= 11 is 1.47. The molecule has 2 aliphatic rings. The van der Waals surface area contributed by atoms with Gasteiger partial charge in [0.1, 0.15) is 18.1 Å². The summed E-state index contributed by atoms with van der Waals surface area (Å²) in [6.45, 7) is 1.51. The first kappa shape index (κ1) is 20.0. The Bertz CT molecular complexity index is 1010. The van der Waals surface area contributed by atoms with Crippen LogP contribution in [0.5, 0.6) is 16.7 Å². The number of ether oxygens (including phenoxy) is 2. The second kappa shape index (κ2) is 8.68. The summed E-state index contributed by atoms with van der Waals surface area (Å²) in [7, 11) is 0. The highest BCUT2D eigenvalue weighted by molar-refractivity contribution is 7.20. The van der Waals surface area contributed by atoms with Crippen molar-refractivity contribution in [3.8, 4) is 16.7 Å². The van der Waals surface area contributed by atoms with Crippen LogP contribution in [0.25, 0.3) is 10.3 Å². The van der Waals surface area contributed by atoms with Crippen molar-refractivity contribution in [3.05, 3.63) is 42.6 Å². The average Bonchev–Trinajstić information content (AvgIpc) is 3.26. The van der Waals surface area contributed by atoms with Gasteiger partial charge in [-0.2, -0.15) is 4.98 Å². The van der Waals surface area contributed by atoms with Crippen molar-refractivity contribution >= 4 is 27.7 Å². The normalized spacial score (nSPS) is 23.0. The minimum Gasteiger partial charge on any atom is -0.492 e. The SMILES string of the molecule is NC(=O)NC1CC2CC[C@@H](C1)N2CCOc1ccc(Oc2nc3ncccc3s2)cc1. The van der Waals surface area contributed by atoms with Crippen molar-refractivity contribution in [1.29, 1.82) is 0 Å². The fourth-order valence-corrected chi connectivity index (χ4v) is 5.52. The molecule has 1 aromatic carbocycles. The molecule has 2 saturated heterocycles. The molecule has 3 atom stereocenters. The third-order valence-corrected chi connectivity index (χ3v) is 6.91. The lowest BCUT2D eigenvalue weighted by Crippen LogP contribution is -2.52. The van der Waals surface area contributed by atoms with E-state index in [1.807, 2.05) is 36.4 Å².